The van der Waals surface area contributed by atoms with Gasteiger partial charge in [0.05, 0.1) is 12.2 Å². The van der Waals surface area contributed by atoms with E-state index in [-0.39, 0.29) is 23.0 Å². The van der Waals surface area contributed by atoms with Crippen molar-refractivity contribution in [2.24, 2.45) is 0 Å². The predicted molar refractivity (Wildman–Crippen MR) is 69.9 cm³/mol. The van der Waals surface area contributed by atoms with Gasteiger partial charge in [0.1, 0.15) is 4.90 Å². The molecule has 7 heteroatoms. The Morgan fingerprint density at radius 3 is 2.56 bits per heavy atom. The maximum absolute atomic E-state index is 11.7. The van der Waals surface area contributed by atoms with Gasteiger partial charge in [-0.15, -0.1) is 0 Å². The smallest absolute Gasteiger partial charge is 0.242 e. The van der Waals surface area contributed by atoms with Crippen LogP contribution >= 0.6 is 0 Å². The number of rotatable bonds is 6. The first-order valence-electron chi connectivity index (χ1n) is 5.54. The largest absolute Gasteiger partial charge is 0.324 e. The maximum Gasteiger partial charge on any atom is 0.242 e. The van der Waals surface area contributed by atoms with Crippen molar-refractivity contribution in [2.75, 3.05) is 25.5 Å². The summed E-state index contributed by atoms with van der Waals surface area (Å²) in [4.78, 5) is 11.6. The van der Waals surface area contributed by atoms with Crippen molar-refractivity contribution in [3.8, 4) is 0 Å². The highest BCUT2D eigenvalue weighted by Crippen LogP contribution is 2.19. The molecule has 1 aromatic carbocycles. The molecule has 0 bridgehead atoms. The van der Waals surface area contributed by atoms with Gasteiger partial charge >= 0.3 is 0 Å². The number of hydrogen-bond acceptors (Lipinski definition) is 4. The third kappa shape index (κ3) is 3.80. The Labute approximate surface area is 107 Å². The summed E-state index contributed by atoms with van der Waals surface area (Å²) in [6, 6.07) is 6.25. The molecule has 0 atom stereocenters. The van der Waals surface area contributed by atoms with E-state index < -0.39 is 10.0 Å². The van der Waals surface area contributed by atoms with Crippen LogP contribution in [0.15, 0.2) is 29.2 Å². The van der Waals surface area contributed by atoms with E-state index in [2.05, 4.69) is 15.4 Å². The highest BCUT2D eigenvalue weighted by atomic mass is 32.2. The predicted octanol–water partition coefficient (Wildman–Crippen LogP) is 0.143. The number of para-hydroxylation sites is 1. The SMILES string of the molecule is CCNCC(=O)Nc1ccccc1S(=O)(=O)NC. The highest BCUT2D eigenvalue weighted by Gasteiger charge is 2.17. The normalized spacial score (nSPS) is 11.2. The molecule has 0 aliphatic rings. The van der Waals surface area contributed by atoms with Crippen LogP contribution in [0.2, 0.25) is 0 Å². The van der Waals surface area contributed by atoms with Crippen LogP contribution in [0.5, 0.6) is 0 Å². The molecule has 0 unspecified atom stereocenters. The summed E-state index contributed by atoms with van der Waals surface area (Å²) in [5.41, 5.74) is 0.273. The summed E-state index contributed by atoms with van der Waals surface area (Å²) in [6.45, 7) is 2.70. The zero-order chi connectivity index (χ0) is 13.6. The lowest BCUT2D eigenvalue weighted by Gasteiger charge is -2.11. The summed E-state index contributed by atoms with van der Waals surface area (Å²) in [5.74, 6) is -0.282. The molecular weight excluding hydrogens is 254 g/mol. The fourth-order valence-electron chi connectivity index (χ4n) is 1.35. The van der Waals surface area contributed by atoms with Crippen molar-refractivity contribution in [3.05, 3.63) is 24.3 Å². The number of likely N-dealkylation sites (N-methyl/N-ethyl adjacent to an activating group) is 1. The lowest BCUT2D eigenvalue weighted by atomic mass is 10.3. The number of hydrogen-bond donors (Lipinski definition) is 3. The van der Waals surface area contributed by atoms with Gasteiger partial charge in [-0.05, 0) is 25.7 Å². The lowest BCUT2D eigenvalue weighted by Crippen LogP contribution is -2.29. The number of benzene rings is 1. The van der Waals surface area contributed by atoms with Gasteiger partial charge in [0.15, 0.2) is 0 Å². The summed E-state index contributed by atoms with van der Waals surface area (Å²) < 4.78 is 25.7. The van der Waals surface area contributed by atoms with Crippen LogP contribution in [0.3, 0.4) is 0 Å². The quantitative estimate of drug-likeness (QED) is 0.687. The van der Waals surface area contributed by atoms with Crippen molar-refractivity contribution in [3.63, 3.8) is 0 Å². The molecule has 1 aromatic rings. The van der Waals surface area contributed by atoms with Crippen LogP contribution in [0, 0.1) is 0 Å². The second kappa shape index (κ2) is 6.48. The number of carbonyl (C=O) groups excluding carboxylic acids is 1. The Kier molecular flexibility index (Phi) is 5.26. The van der Waals surface area contributed by atoms with E-state index in [9.17, 15) is 13.2 Å². The van der Waals surface area contributed by atoms with Crippen LogP contribution in [0.25, 0.3) is 0 Å². The molecule has 0 spiro atoms. The van der Waals surface area contributed by atoms with Gasteiger partial charge in [-0.2, -0.15) is 0 Å². The molecule has 3 N–H and O–H groups in total. The van der Waals surface area contributed by atoms with Crippen molar-refractivity contribution >= 4 is 21.6 Å². The maximum atomic E-state index is 11.7. The molecule has 100 valence electrons. The summed E-state index contributed by atoms with van der Waals surface area (Å²) in [7, 11) is -2.25. The molecule has 0 radical (unpaired) electrons. The zero-order valence-corrected chi connectivity index (χ0v) is 11.2. The first-order chi connectivity index (χ1) is 8.51. The lowest BCUT2D eigenvalue weighted by molar-refractivity contribution is -0.115. The Bertz CT molecular complexity index is 514. The molecular formula is C11H17N3O3S. The monoisotopic (exact) mass is 271 g/mol. The third-order valence-corrected chi connectivity index (χ3v) is 3.73. The first kappa shape index (κ1) is 14.6. The molecule has 1 rings (SSSR count). The summed E-state index contributed by atoms with van der Waals surface area (Å²) in [5, 5.41) is 5.43. The third-order valence-electron chi connectivity index (χ3n) is 2.25. The fourth-order valence-corrected chi connectivity index (χ4v) is 2.23. The molecule has 1 amide bonds. The number of nitrogens with one attached hydrogen (secondary N) is 3. The van der Waals surface area contributed by atoms with Crippen molar-refractivity contribution in [2.45, 2.75) is 11.8 Å². The molecule has 0 saturated heterocycles. The van der Waals surface area contributed by atoms with Gasteiger partial charge in [-0.25, -0.2) is 13.1 Å². The van der Waals surface area contributed by atoms with Crippen LogP contribution in [0.1, 0.15) is 6.92 Å². The zero-order valence-electron chi connectivity index (χ0n) is 10.4. The molecule has 0 aromatic heterocycles. The average molecular weight is 271 g/mol. The Morgan fingerprint density at radius 2 is 1.94 bits per heavy atom. The molecule has 18 heavy (non-hydrogen) atoms. The second-order valence-corrected chi connectivity index (χ2v) is 5.39. The molecule has 0 fully saturated rings. The van der Waals surface area contributed by atoms with E-state index in [1.165, 1.54) is 13.1 Å². The number of anilines is 1. The van der Waals surface area contributed by atoms with E-state index in [4.69, 9.17) is 0 Å². The van der Waals surface area contributed by atoms with Crippen LogP contribution in [-0.2, 0) is 14.8 Å². The van der Waals surface area contributed by atoms with Crippen molar-refractivity contribution in [1.29, 1.82) is 0 Å². The van der Waals surface area contributed by atoms with Gasteiger partial charge in [-0.1, -0.05) is 19.1 Å². The second-order valence-electron chi connectivity index (χ2n) is 3.53. The molecule has 6 nitrogen and oxygen atoms in total. The van der Waals surface area contributed by atoms with Gasteiger partial charge in [-0.3, -0.25) is 4.79 Å². The fraction of sp³-hybridized carbons (Fsp3) is 0.364. The van der Waals surface area contributed by atoms with E-state index in [0.717, 1.165) is 0 Å². The van der Waals surface area contributed by atoms with Crippen LogP contribution in [0.4, 0.5) is 5.69 Å². The van der Waals surface area contributed by atoms with Gasteiger partial charge in [0.25, 0.3) is 0 Å². The Morgan fingerprint density at radius 1 is 1.28 bits per heavy atom. The summed E-state index contributed by atoms with van der Waals surface area (Å²) >= 11 is 0. The minimum Gasteiger partial charge on any atom is -0.324 e. The number of amides is 1. The Balaban J connectivity index is 2.93. The van der Waals surface area contributed by atoms with E-state index >= 15 is 0 Å². The van der Waals surface area contributed by atoms with Gasteiger partial charge in [0.2, 0.25) is 15.9 Å². The molecule has 0 saturated carbocycles. The molecule has 0 aliphatic carbocycles. The number of sulfonamides is 1. The van der Waals surface area contributed by atoms with Gasteiger partial charge in [0, 0.05) is 0 Å². The van der Waals surface area contributed by atoms with E-state index in [1.54, 1.807) is 18.2 Å². The van der Waals surface area contributed by atoms with Gasteiger partial charge < -0.3 is 10.6 Å². The van der Waals surface area contributed by atoms with Crippen LogP contribution < -0.4 is 15.4 Å². The minimum absolute atomic E-state index is 0.0531. The highest BCUT2D eigenvalue weighted by molar-refractivity contribution is 7.89. The van der Waals surface area contributed by atoms with Crippen molar-refractivity contribution < 1.29 is 13.2 Å². The number of carbonyl (C=O) groups is 1. The van der Waals surface area contributed by atoms with Crippen molar-refractivity contribution in [1.82, 2.24) is 10.0 Å². The topological polar surface area (TPSA) is 87.3 Å². The van der Waals surface area contributed by atoms with Crippen LogP contribution in [-0.4, -0.2) is 34.5 Å². The standard InChI is InChI=1S/C11H17N3O3S/c1-3-13-8-11(15)14-9-6-4-5-7-10(9)18(16,17)12-2/h4-7,12-13H,3,8H2,1-2H3,(H,14,15). The Hall–Kier alpha value is -1.44. The van der Waals surface area contributed by atoms with E-state index in [0.29, 0.717) is 6.54 Å². The minimum atomic E-state index is -3.58. The summed E-state index contributed by atoms with van der Waals surface area (Å²) in [6.07, 6.45) is 0. The molecule has 0 aliphatic heterocycles. The first-order valence-corrected chi connectivity index (χ1v) is 7.02. The molecule has 0 heterocycles. The van der Waals surface area contributed by atoms with E-state index in [1.807, 2.05) is 6.92 Å². The average Bonchev–Trinajstić information content (AvgIpc) is 2.37.